The van der Waals surface area contributed by atoms with Crippen LogP contribution in [0.25, 0.3) is 0 Å². The molecule has 1 aliphatic heterocycles. The fraction of sp³-hybridized carbons (Fsp3) is 0.308. The van der Waals surface area contributed by atoms with E-state index in [4.69, 9.17) is 4.74 Å². The standard InChI is InChI=1S/C26H32N4O/c1-29-16-17-30(26(20-29)23-6-4-3-5-7-23)19-22-8-12-24(13-9-22)28-27-18-21-10-14-25(31-2)15-11-21/h3-15,26-28H,16-20H2,1-2H3. The highest BCUT2D eigenvalue weighted by Crippen LogP contribution is 2.26. The fourth-order valence-electron chi connectivity index (χ4n) is 4.06. The SMILES string of the molecule is COc1ccc(CNNc2ccc(CN3CCN(C)CC3c3ccccc3)cc2)cc1. The number of nitrogens with one attached hydrogen (secondary N) is 2. The van der Waals surface area contributed by atoms with Crippen LogP contribution >= 0.6 is 0 Å². The first kappa shape index (κ1) is 21.4. The van der Waals surface area contributed by atoms with Gasteiger partial charge in [-0.2, -0.15) is 0 Å². The summed E-state index contributed by atoms with van der Waals surface area (Å²) in [7, 11) is 3.90. The smallest absolute Gasteiger partial charge is 0.118 e. The molecule has 1 heterocycles. The van der Waals surface area contributed by atoms with Crippen molar-refractivity contribution in [3.05, 3.63) is 95.6 Å². The summed E-state index contributed by atoms with van der Waals surface area (Å²) >= 11 is 0. The Morgan fingerprint density at radius 1 is 0.871 bits per heavy atom. The summed E-state index contributed by atoms with van der Waals surface area (Å²) < 4.78 is 5.20. The van der Waals surface area contributed by atoms with E-state index in [1.54, 1.807) is 7.11 Å². The van der Waals surface area contributed by atoms with Crippen molar-refractivity contribution in [3.8, 4) is 5.75 Å². The van der Waals surface area contributed by atoms with Crippen molar-refractivity contribution in [2.45, 2.75) is 19.1 Å². The zero-order chi connectivity index (χ0) is 21.5. The molecule has 1 unspecified atom stereocenters. The maximum absolute atomic E-state index is 5.20. The molecule has 0 aromatic heterocycles. The Kier molecular flexibility index (Phi) is 7.20. The average molecular weight is 417 g/mol. The summed E-state index contributed by atoms with van der Waals surface area (Å²) in [6, 6.07) is 28.1. The molecule has 0 bridgehead atoms. The van der Waals surface area contributed by atoms with Gasteiger partial charge in [0.1, 0.15) is 5.75 Å². The molecule has 3 aromatic rings. The van der Waals surface area contributed by atoms with E-state index >= 15 is 0 Å². The Labute approximate surface area is 185 Å². The molecule has 0 spiro atoms. The van der Waals surface area contributed by atoms with E-state index in [1.807, 2.05) is 12.1 Å². The molecule has 1 fully saturated rings. The Morgan fingerprint density at radius 2 is 1.58 bits per heavy atom. The van der Waals surface area contributed by atoms with Crippen molar-refractivity contribution in [3.63, 3.8) is 0 Å². The van der Waals surface area contributed by atoms with E-state index in [0.717, 1.165) is 44.2 Å². The number of methoxy groups -OCH3 is 1. The molecule has 162 valence electrons. The van der Waals surface area contributed by atoms with Crippen LogP contribution in [-0.4, -0.2) is 43.6 Å². The van der Waals surface area contributed by atoms with Gasteiger partial charge in [-0.3, -0.25) is 4.90 Å². The van der Waals surface area contributed by atoms with E-state index in [1.165, 1.54) is 16.7 Å². The molecule has 5 heteroatoms. The van der Waals surface area contributed by atoms with Crippen molar-refractivity contribution in [2.24, 2.45) is 0 Å². The minimum absolute atomic E-state index is 0.434. The minimum Gasteiger partial charge on any atom is -0.497 e. The van der Waals surface area contributed by atoms with Gasteiger partial charge in [-0.05, 0) is 48.0 Å². The highest BCUT2D eigenvalue weighted by atomic mass is 16.5. The van der Waals surface area contributed by atoms with Crippen molar-refractivity contribution >= 4 is 5.69 Å². The van der Waals surface area contributed by atoms with Crippen LogP contribution in [0.4, 0.5) is 5.69 Å². The topological polar surface area (TPSA) is 39.8 Å². The molecule has 0 saturated carbocycles. The minimum atomic E-state index is 0.434. The predicted molar refractivity (Wildman–Crippen MR) is 127 cm³/mol. The lowest BCUT2D eigenvalue weighted by Crippen LogP contribution is -2.46. The van der Waals surface area contributed by atoms with Gasteiger partial charge in [-0.25, -0.2) is 5.43 Å². The number of hydrogen-bond donors (Lipinski definition) is 2. The van der Waals surface area contributed by atoms with Crippen molar-refractivity contribution in [1.29, 1.82) is 0 Å². The summed E-state index contributed by atoms with van der Waals surface area (Å²) in [6.07, 6.45) is 0. The number of hydrogen-bond acceptors (Lipinski definition) is 5. The first-order valence-electron chi connectivity index (χ1n) is 10.9. The summed E-state index contributed by atoms with van der Waals surface area (Å²) in [4.78, 5) is 5.02. The quantitative estimate of drug-likeness (QED) is 0.536. The highest BCUT2D eigenvalue weighted by Gasteiger charge is 2.26. The Morgan fingerprint density at radius 3 is 2.29 bits per heavy atom. The Hall–Kier alpha value is -2.86. The molecule has 5 nitrogen and oxygen atoms in total. The Balaban J connectivity index is 1.32. The van der Waals surface area contributed by atoms with Crippen LogP contribution in [0.5, 0.6) is 5.75 Å². The molecule has 0 aliphatic carbocycles. The summed E-state index contributed by atoms with van der Waals surface area (Å²) in [6.45, 7) is 4.97. The van der Waals surface area contributed by atoms with Crippen molar-refractivity contribution in [2.75, 3.05) is 39.2 Å². The third-order valence-corrected chi connectivity index (χ3v) is 5.90. The monoisotopic (exact) mass is 416 g/mol. The summed E-state index contributed by atoms with van der Waals surface area (Å²) in [5.74, 6) is 0.877. The largest absolute Gasteiger partial charge is 0.497 e. The highest BCUT2D eigenvalue weighted by molar-refractivity contribution is 5.43. The number of anilines is 1. The van der Waals surface area contributed by atoms with Crippen molar-refractivity contribution in [1.82, 2.24) is 15.2 Å². The van der Waals surface area contributed by atoms with Gasteiger partial charge in [0, 0.05) is 44.5 Å². The summed E-state index contributed by atoms with van der Waals surface area (Å²) in [5, 5.41) is 0. The lowest BCUT2D eigenvalue weighted by molar-refractivity contribution is 0.0834. The predicted octanol–water partition coefficient (Wildman–Crippen LogP) is 4.30. The van der Waals surface area contributed by atoms with Crippen LogP contribution in [0.3, 0.4) is 0 Å². The number of piperazine rings is 1. The molecule has 1 aliphatic rings. The molecular formula is C26H32N4O. The van der Waals surface area contributed by atoms with Gasteiger partial charge < -0.3 is 15.1 Å². The molecular weight excluding hydrogens is 384 g/mol. The summed E-state index contributed by atoms with van der Waals surface area (Å²) in [5.41, 5.74) is 11.6. The molecule has 1 saturated heterocycles. The number of hydrazine groups is 1. The second kappa shape index (κ2) is 10.4. The first-order chi connectivity index (χ1) is 15.2. The van der Waals surface area contributed by atoms with Gasteiger partial charge >= 0.3 is 0 Å². The number of rotatable bonds is 8. The second-order valence-corrected chi connectivity index (χ2v) is 8.18. The maximum atomic E-state index is 5.20. The average Bonchev–Trinajstić information content (AvgIpc) is 2.82. The number of benzene rings is 3. The second-order valence-electron chi connectivity index (χ2n) is 8.18. The van der Waals surface area contributed by atoms with Crippen LogP contribution < -0.4 is 15.6 Å². The molecule has 4 rings (SSSR count). The third-order valence-electron chi connectivity index (χ3n) is 5.90. The fourth-order valence-corrected chi connectivity index (χ4v) is 4.06. The molecule has 0 amide bonds. The normalized spacial score (nSPS) is 17.4. The van der Waals surface area contributed by atoms with Crippen LogP contribution in [0.1, 0.15) is 22.7 Å². The van der Waals surface area contributed by atoms with Crippen LogP contribution in [-0.2, 0) is 13.1 Å². The van der Waals surface area contributed by atoms with Crippen molar-refractivity contribution < 1.29 is 4.74 Å². The zero-order valence-electron chi connectivity index (χ0n) is 18.4. The van der Waals surface area contributed by atoms with Gasteiger partial charge in [-0.15, -0.1) is 0 Å². The Bertz CT molecular complexity index is 928. The van der Waals surface area contributed by atoms with Gasteiger partial charge in [0.25, 0.3) is 0 Å². The molecule has 3 aromatic carbocycles. The van der Waals surface area contributed by atoms with Gasteiger partial charge in [0.2, 0.25) is 0 Å². The van der Waals surface area contributed by atoms with Gasteiger partial charge in [0.05, 0.1) is 7.11 Å². The van der Waals surface area contributed by atoms with E-state index in [0.29, 0.717) is 6.04 Å². The number of ether oxygens (including phenoxy) is 1. The molecule has 31 heavy (non-hydrogen) atoms. The third kappa shape index (κ3) is 5.85. The lowest BCUT2D eigenvalue weighted by Gasteiger charge is -2.40. The number of likely N-dealkylation sites (N-methyl/N-ethyl adjacent to an activating group) is 1. The lowest BCUT2D eigenvalue weighted by atomic mass is 10.0. The molecule has 0 radical (unpaired) electrons. The van der Waals surface area contributed by atoms with Crippen LogP contribution in [0.2, 0.25) is 0 Å². The van der Waals surface area contributed by atoms with Gasteiger partial charge in [-0.1, -0.05) is 54.6 Å². The van der Waals surface area contributed by atoms with E-state index in [-0.39, 0.29) is 0 Å². The number of nitrogens with zero attached hydrogens (tertiary/aromatic N) is 2. The molecule has 2 N–H and O–H groups in total. The van der Waals surface area contributed by atoms with Gasteiger partial charge in [0.15, 0.2) is 0 Å². The van der Waals surface area contributed by atoms with E-state index in [2.05, 4.69) is 94.4 Å². The first-order valence-corrected chi connectivity index (χ1v) is 10.9. The van der Waals surface area contributed by atoms with Crippen LogP contribution in [0.15, 0.2) is 78.9 Å². The van der Waals surface area contributed by atoms with E-state index in [9.17, 15) is 0 Å². The molecule has 1 atom stereocenters. The zero-order valence-corrected chi connectivity index (χ0v) is 18.4. The van der Waals surface area contributed by atoms with Crippen LogP contribution in [0, 0.1) is 0 Å². The maximum Gasteiger partial charge on any atom is 0.118 e. The van der Waals surface area contributed by atoms with E-state index < -0.39 is 0 Å².